The van der Waals surface area contributed by atoms with Gasteiger partial charge in [0, 0.05) is 13.0 Å². The smallest absolute Gasteiger partial charge is 0.230 e. The Bertz CT molecular complexity index is 105. The van der Waals surface area contributed by atoms with Gasteiger partial charge in [0.1, 0.15) is 6.29 Å². The average molecular weight is 194 g/mol. The molecule has 4 heteroatoms. The fourth-order valence-electron chi connectivity index (χ4n) is 0.318. The molecule has 0 fully saturated rings. The van der Waals surface area contributed by atoms with E-state index in [1.165, 1.54) is 0 Å². The molecule has 0 aliphatic rings. The second kappa shape index (κ2) is 5.75. The van der Waals surface area contributed by atoms with Crippen LogP contribution >= 0.6 is 15.9 Å². The lowest BCUT2D eigenvalue weighted by molar-refractivity contribution is -0.118. The van der Waals surface area contributed by atoms with E-state index in [1.807, 2.05) is 0 Å². The van der Waals surface area contributed by atoms with Gasteiger partial charge in [-0.15, -0.1) is 0 Å². The first-order chi connectivity index (χ1) is 4.31. The SMILES string of the molecule is O=CCCNC(=O)CBr. The van der Waals surface area contributed by atoms with E-state index in [9.17, 15) is 9.59 Å². The first-order valence-electron chi connectivity index (χ1n) is 2.57. The van der Waals surface area contributed by atoms with Gasteiger partial charge in [0.05, 0.1) is 5.33 Å². The predicted molar refractivity (Wildman–Crippen MR) is 37.5 cm³/mol. The molecule has 9 heavy (non-hydrogen) atoms. The predicted octanol–water partition coefficient (Wildman–Crippen LogP) is 0.0865. The number of carbonyl (C=O) groups is 2. The summed E-state index contributed by atoms with van der Waals surface area (Å²) in [4.78, 5) is 20.1. The van der Waals surface area contributed by atoms with Crippen molar-refractivity contribution in [1.29, 1.82) is 0 Å². The number of hydrogen-bond acceptors (Lipinski definition) is 2. The number of nitrogens with one attached hydrogen (secondary N) is 1. The fourth-order valence-corrected chi connectivity index (χ4v) is 0.516. The highest BCUT2D eigenvalue weighted by molar-refractivity contribution is 9.09. The van der Waals surface area contributed by atoms with Crippen LogP contribution in [0.3, 0.4) is 0 Å². The number of carbonyl (C=O) groups excluding carboxylic acids is 2. The number of alkyl halides is 1. The van der Waals surface area contributed by atoms with Gasteiger partial charge in [-0.2, -0.15) is 0 Å². The molecule has 3 nitrogen and oxygen atoms in total. The summed E-state index contributed by atoms with van der Waals surface area (Å²) >= 11 is 2.97. The Morgan fingerprint density at radius 1 is 1.67 bits per heavy atom. The summed E-state index contributed by atoms with van der Waals surface area (Å²) in [7, 11) is 0. The number of aldehydes is 1. The van der Waals surface area contributed by atoms with Crippen molar-refractivity contribution < 1.29 is 9.59 Å². The highest BCUT2D eigenvalue weighted by Gasteiger charge is 1.93. The Kier molecular flexibility index (Phi) is 5.51. The highest BCUT2D eigenvalue weighted by Crippen LogP contribution is 1.77. The van der Waals surface area contributed by atoms with Crippen molar-refractivity contribution >= 4 is 28.1 Å². The van der Waals surface area contributed by atoms with Crippen LogP contribution < -0.4 is 5.32 Å². The van der Waals surface area contributed by atoms with Gasteiger partial charge >= 0.3 is 0 Å². The van der Waals surface area contributed by atoms with Gasteiger partial charge in [-0.05, 0) is 0 Å². The maximum absolute atomic E-state index is 10.4. The van der Waals surface area contributed by atoms with Crippen LogP contribution in [-0.2, 0) is 9.59 Å². The van der Waals surface area contributed by atoms with E-state index in [2.05, 4.69) is 21.2 Å². The minimum absolute atomic E-state index is 0.0862. The van der Waals surface area contributed by atoms with Crippen LogP contribution in [0.4, 0.5) is 0 Å². The summed E-state index contributed by atoms with van der Waals surface area (Å²) in [5.74, 6) is -0.0862. The van der Waals surface area contributed by atoms with Gasteiger partial charge in [-0.3, -0.25) is 4.79 Å². The van der Waals surface area contributed by atoms with Crippen molar-refractivity contribution in [3.05, 3.63) is 0 Å². The molecular weight excluding hydrogens is 186 g/mol. The van der Waals surface area contributed by atoms with Gasteiger partial charge < -0.3 is 10.1 Å². The Morgan fingerprint density at radius 3 is 2.78 bits per heavy atom. The van der Waals surface area contributed by atoms with Gasteiger partial charge in [-0.1, -0.05) is 15.9 Å². The summed E-state index contributed by atoms with van der Waals surface area (Å²) in [5, 5.41) is 2.81. The van der Waals surface area contributed by atoms with Crippen molar-refractivity contribution in [1.82, 2.24) is 5.32 Å². The molecule has 0 aromatic rings. The quantitative estimate of drug-likeness (QED) is 0.391. The Balaban J connectivity index is 3.06. The van der Waals surface area contributed by atoms with E-state index in [1.54, 1.807) is 0 Å². The minimum Gasteiger partial charge on any atom is -0.355 e. The van der Waals surface area contributed by atoms with Crippen molar-refractivity contribution in [2.24, 2.45) is 0 Å². The molecule has 0 saturated heterocycles. The molecule has 0 aliphatic carbocycles. The van der Waals surface area contributed by atoms with Crippen LogP contribution in [0.25, 0.3) is 0 Å². The first kappa shape index (κ1) is 8.62. The molecule has 52 valence electrons. The fraction of sp³-hybridized carbons (Fsp3) is 0.600. The maximum Gasteiger partial charge on any atom is 0.230 e. The van der Waals surface area contributed by atoms with Crippen LogP contribution in [0.5, 0.6) is 0 Å². The normalized spacial score (nSPS) is 8.56. The standard InChI is InChI=1S/C5H8BrNO2/c6-4-5(9)7-2-1-3-8/h3H,1-2,4H2,(H,7,9). The summed E-state index contributed by atoms with van der Waals surface area (Å²) in [6, 6.07) is 0. The summed E-state index contributed by atoms with van der Waals surface area (Å²) in [6.07, 6.45) is 1.16. The molecule has 0 rings (SSSR count). The lowest BCUT2D eigenvalue weighted by Crippen LogP contribution is -2.25. The number of halogens is 1. The lowest BCUT2D eigenvalue weighted by Gasteiger charge is -1.96. The van der Waals surface area contributed by atoms with E-state index in [0.717, 1.165) is 6.29 Å². The van der Waals surface area contributed by atoms with Crippen molar-refractivity contribution in [3.8, 4) is 0 Å². The van der Waals surface area contributed by atoms with Gasteiger partial charge in [0.25, 0.3) is 0 Å². The third-order valence-corrected chi connectivity index (χ3v) is 1.22. The molecule has 0 aliphatic heterocycles. The summed E-state index contributed by atoms with van der Waals surface area (Å²) in [5.41, 5.74) is 0. The van der Waals surface area contributed by atoms with Gasteiger partial charge in [0.15, 0.2) is 0 Å². The number of hydrogen-bond donors (Lipinski definition) is 1. The molecule has 0 radical (unpaired) electrons. The maximum atomic E-state index is 10.4. The van der Waals surface area contributed by atoms with Crippen LogP contribution in [0, 0.1) is 0 Å². The molecule has 1 N–H and O–H groups in total. The van der Waals surface area contributed by atoms with E-state index in [4.69, 9.17) is 0 Å². The van der Waals surface area contributed by atoms with Crippen molar-refractivity contribution in [2.45, 2.75) is 6.42 Å². The highest BCUT2D eigenvalue weighted by atomic mass is 79.9. The molecular formula is C5H8BrNO2. The monoisotopic (exact) mass is 193 g/mol. The minimum atomic E-state index is -0.0862. The molecule has 0 spiro atoms. The van der Waals surface area contributed by atoms with E-state index >= 15 is 0 Å². The molecule has 1 amide bonds. The molecule has 0 aromatic heterocycles. The second-order valence-electron chi connectivity index (χ2n) is 1.44. The Morgan fingerprint density at radius 2 is 2.33 bits per heavy atom. The third-order valence-electron chi connectivity index (χ3n) is 0.706. The third kappa shape index (κ3) is 5.49. The second-order valence-corrected chi connectivity index (χ2v) is 2.00. The largest absolute Gasteiger partial charge is 0.355 e. The molecule has 0 unspecified atom stereocenters. The van der Waals surface area contributed by atoms with E-state index in [-0.39, 0.29) is 5.91 Å². The van der Waals surface area contributed by atoms with Crippen molar-refractivity contribution in [3.63, 3.8) is 0 Å². The van der Waals surface area contributed by atoms with Crippen LogP contribution in [0.2, 0.25) is 0 Å². The Hall–Kier alpha value is -0.380. The van der Waals surface area contributed by atoms with Crippen LogP contribution in [-0.4, -0.2) is 24.1 Å². The van der Waals surface area contributed by atoms with E-state index < -0.39 is 0 Å². The molecule has 0 bridgehead atoms. The van der Waals surface area contributed by atoms with Gasteiger partial charge in [0.2, 0.25) is 5.91 Å². The lowest BCUT2D eigenvalue weighted by atomic mass is 10.5. The van der Waals surface area contributed by atoms with Crippen molar-refractivity contribution in [2.75, 3.05) is 11.9 Å². The average Bonchev–Trinajstić information content (AvgIpc) is 1.89. The first-order valence-corrected chi connectivity index (χ1v) is 3.69. The number of amides is 1. The molecule has 0 aromatic carbocycles. The van der Waals surface area contributed by atoms with E-state index in [0.29, 0.717) is 18.3 Å². The number of rotatable bonds is 4. The summed E-state index contributed by atoms with van der Waals surface area (Å²) in [6.45, 7) is 0.438. The zero-order valence-corrected chi connectivity index (χ0v) is 6.48. The van der Waals surface area contributed by atoms with Gasteiger partial charge in [-0.25, -0.2) is 0 Å². The zero-order valence-electron chi connectivity index (χ0n) is 4.89. The summed E-state index contributed by atoms with van der Waals surface area (Å²) < 4.78 is 0. The molecule has 0 atom stereocenters. The topological polar surface area (TPSA) is 46.2 Å². The van der Waals surface area contributed by atoms with Crippen LogP contribution in [0.1, 0.15) is 6.42 Å². The zero-order chi connectivity index (χ0) is 7.11. The molecule has 0 heterocycles. The molecule has 0 saturated carbocycles. The van der Waals surface area contributed by atoms with Crippen LogP contribution in [0.15, 0.2) is 0 Å². The Labute approximate surface area is 61.9 Å².